The van der Waals surface area contributed by atoms with Crippen LogP contribution in [0.4, 0.5) is 0 Å². The van der Waals surface area contributed by atoms with Crippen molar-refractivity contribution in [3.8, 4) is 0 Å². The van der Waals surface area contributed by atoms with Gasteiger partial charge in [-0.05, 0) is 36.8 Å². The number of carbonyl (C=O) groups excluding carboxylic acids is 2. The fraction of sp³-hybridized carbons (Fsp3) is 0.556. The number of nitrogens with zero attached hydrogens (tertiary/aromatic N) is 1. The van der Waals surface area contributed by atoms with Gasteiger partial charge in [0.15, 0.2) is 0 Å². The van der Waals surface area contributed by atoms with Crippen LogP contribution in [0, 0.1) is 5.92 Å². The molecule has 3 rings (SSSR count). The summed E-state index contributed by atoms with van der Waals surface area (Å²) in [5, 5.41) is 3.02. The molecule has 5 nitrogen and oxygen atoms in total. The number of hydrogen-bond donors (Lipinski definition) is 2. The highest BCUT2D eigenvalue weighted by molar-refractivity contribution is 5.79. The average molecular weight is 315 g/mol. The van der Waals surface area contributed by atoms with E-state index in [1.165, 1.54) is 0 Å². The van der Waals surface area contributed by atoms with Crippen LogP contribution in [0.1, 0.15) is 43.2 Å². The highest BCUT2D eigenvalue weighted by Gasteiger charge is 2.27. The van der Waals surface area contributed by atoms with Crippen LogP contribution in [0.2, 0.25) is 0 Å². The summed E-state index contributed by atoms with van der Waals surface area (Å²) >= 11 is 0. The molecule has 0 spiro atoms. The van der Waals surface area contributed by atoms with E-state index in [9.17, 15) is 9.59 Å². The summed E-state index contributed by atoms with van der Waals surface area (Å²) in [4.78, 5) is 25.8. The maximum absolute atomic E-state index is 12.2. The van der Waals surface area contributed by atoms with Gasteiger partial charge in [0.05, 0.1) is 0 Å². The second kappa shape index (κ2) is 7.13. The molecular weight excluding hydrogens is 290 g/mol. The lowest BCUT2D eigenvalue weighted by Crippen LogP contribution is -2.30. The summed E-state index contributed by atoms with van der Waals surface area (Å²) in [6.07, 6.45) is 4.25. The minimum Gasteiger partial charge on any atom is -0.352 e. The minimum absolute atomic E-state index is 0.0652. The Labute approximate surface area is 137 Å². The van der Waals surface area contributed by atoms with Crippen molar-refractivity contribution in [2.75, 3.05) is 6.54 Å². The van der Waals surface area contributed by atoms with Crippen LogP contribution in [0.25, 0.3) is 0 Å². The van der Waals surface area contributed by atoms with E-state index in [0.29, 0.717) is 19.5 Å². The first-order valence-electron chi connectivity index (χ1n) is 8.50. The molecule has 2 aliphatic rings. The lowest BCUT2D eigenvalue weighted by Gasteiger charge is -2.16. The van der Waals surface area contributed by atoms with Gasteiger partial charge < -0.3 is 16.0 Å². The summed E-state index contributed by atoms with van der Waals surface area (Å²) in [7, 11) is 0. The van der Waals surface area contributed by atoms with Crippen molar-refractivity contribution in [1.82, 2.24) is 10.2 Å². The summed E-state index contributed by atoms with van der Waals surface area (Å²) in [5.41, 5.74) is 8.06. The van der Waals surface area contributed by atoms with E-state index < -0.39 is 0 Å². The Morgan fingerprint density at radius 2 is 2.13 bits per heavy atom. The van der Waals surface area contributed by atoms with Crippen molar-refractivity contribution in [1.29, 1.82) is 0 Å². The Bertz CT molecular complexity index is 587. The van der Waals surface area contributed by atoms with Crippen molar-refractivity contribution in [2.24, 2.45) is 11.7 Å². The Morgan fingerprint density at radius 3 is 2.83 bits per heavy atom. The molecule has 2 fully saturated rings. The first-order chi connectivity index (χ1) is 11.1. The molecule has 0 bridgehead atoms. The van der Waals surface area contributed by atoms with Gasteiger partial charge in [0.1, 0.15) is 0 Å². The summed E-state index contributed by atoms with van der Waals surface area (Å²) < 4.78 is 0. The quantitative estimate of drug-likeness (QED) is 0.865. The van der Waals surface area contributed by atoms with Gasteiger partial charge in [0.25, 0.3) is 0 Å². The molecule has 1 aromatic carbocycles. The molecule has 1 saturated heterocycles. The van der Waals surface area contributed by atoms with Gasteiger partial charge in [0, 0.05) is 38.0 Å². The predicted molar refractivity (Wildman–Crippen MR) is 88.3 cm³/mol. The molecule has 2 atom stereocenters. The molecule has 1 aromatic rings. The molecule has 3 N–H and O–H groups in total. The number of carbonyl (C=O) groups is 2. The van der Waals surface area contributed by atoms with E-state index in [1.807, 2.05) is 23.1 Å². The third-order valence-corrected chi connectivity index (χ3v) is 4.85. The molecule has 124 valence electrons. The third-order valence-electron chi connectivity index (χ3n) is 4.85. The molecule has 1 saturated carbocycles. The van der Waals surface area contributed by atoms with Gasteiger partial charge in [-0.25, -0.2) is 0 Å². The van der Waals surface area contributed by atoms with Gasteiger partial charge in [-0.2, -0.15) is 0 Å². The van der Waals surface area contributed by atoms with Crippen LogP contribution >= 0.6 is 0 Å². The molecule has 1 heterocycles. The second-order valence-corrected chi connectivity index (χ2v) is 6.73. The molecule has 1 aliphatic carbocycles. The van der Waals surface area contributed by atoms with Crippen LogP contribution in [0.3, 0.4) is 0 Å². The van der Waals surface area contributed by atoms with E-state index in [2.05, 4.69) is 11.4 Å². The van der Waals surface area contributed by atoms with Crippen molar-refractivity contribution in [3.63, 3.8) is 0 Å². The molecule has 2 unspecified atom stereocenters. The van der Waals surface area contributed by atoms with Crippen LogP contribution in [-0.4, -0.2) is 29.3 Å². The van der Waals surface area contributed by atoms with Crippen LogP contribution in [0.5, 0.6) is 0 Å². The van der Waals surface area contributed by atoms with E-state index in [0.717, 1.165) is 43.4 Å². The van der Waals surface area contributed by atoms with Gasteiger partial charge in [-0.1, -0.05) is 24.3 Å². The standard InChI is InChI=1S/C18H25N3O2/c19-16-7-6-15(10-16)18(23)20-11-13-3-1-4-14(9-13)12-21-8-2-5-17(21)22/h1,3-4,9,15-16H,2,5-8,10-12,19H2,(H,20,23). The summed E-state index contributed by atoms with van der Waals surface area (Å²) in [6.45, 7) is 2.05. The number of hydrogen-bond acceptors (Lipinski definition) is 3. The van der Waals surface area contributed by atoms with Crippen LogP contribution in [0.15, 0.2) is 24.3 Å². The lowest BCUT2D eigenvalue weighted by molar-refractivity contribution is -0.128. The minimum atomic E-state index is 0.0652. The van der Waals surface area contributed by atoms with Gasteiger partial charge >= 0.3 is 0 Å². The number of benzene rings is 1. The Kier molecular flexibility index (Phi) is 4.96. The number of likely N-dealkylation sites (tertiary alicyclic amines) is 1. The molecular formula is C18H25N3O2. The van der Waals surface area contributed by atoms with Crippen molar-refractivity contribution in [2.45, 2.75) is 51.2 Å². The highest BCUT2D eigenvalue weighted by atomic mass is 16.2. The van der Waals surface area contributed by atoms with E-state index in [4.69, 9.17) is 5.73 Å². The summed E-state index contributed by atoms with van der Waals surface area (Å²) in [5.74, 6) is 0.412. The fourth-order valence-electron chi connectivity index (χ4n) is 3.52. The monoisotopic (exact) mass is 315 g/mol. The zero-order chi connectivity index (χ0) is 16.2. The molecule has 1 aliphatic heterocycles. The van der Waals surface area contributed by atoms with Gasteiger partial charge in [0.2, 0.25) is 11.8 Å². The largest absolute Gasteiger partial charge is 0.352 e. The van der Waals surface area contributed by atoms with Gasteiger partial charge in [-0.15, -0.1) is 0 Å². The molecule has 0 radical (unpaired) electrons. The second-order valence-electron chi connectivity index (χ2n) is 6.73. The summed E-state index contributed by atoms with van der Waals surface area (Å²) in [6, 6.07) is 8.28. The normalized spacial score (nSPS) is 24.2. The van der Waals surface area contributed by atoms with Gasteiger partial charge in [-0.3, -0.25) is 9.59 Å². The Balaban J connectivity index is 1.53. The van der Waals surface area contributed by atoms with E-state index >= 15 is 0 Å². The Morgan fingerprint density at radius 1 is 1.30 bits per heavy atom. The third kappa shape index (κ3) is 4.10. The fourth-order valence-corrected chi connectivity index (χ4v) is 3.52. The van der Waals surface area contributed by atoms with Crippen molar-refractivity contribution >= 4 is 11.8 Å². The molecule has 2 amide bonds. The number of amides is 2. The first kappa shape index (κ1) is 16.0. The van der Waals surface area contributed by atoms with Crippen molar-refractivity contribution in [3.05, 3.63) is 35.4 Å². The smallest absolute Gasteiger partial charge is 0.223 e. The number of rotatable bonds is 5. The Hall–Kier alpha value is -1.88. The van der Waals surface area contributed by atoms with Crippen molar-refractivity contribution < 1.29 is 9.59 Å². The number of nitrogens with one attached hydrogen (secondary N) is 1. The van der Waals surface area contributed by atoms with E-state index in [1.54, 1.807) is 0 Å². The zero-order valence-electron chi connectivity index (χ0n) is 13.5. The molecule has 0 aromatic heterocycles. The predicted octanol–water partition coefficient (Wildman–Crippen LogP) is 1.55. The molecule has 23 heavy (non-hydrogen) atoms. The van der Waals surface area contributed by atoms with E-state index in [-0.39, 0.29) is 23.8 Å². The average Bonchev–Trinajstić information content (AvgIpc) is 3.15. The lowest BCUT2D eigenvalue weighted by atomic mass is 10.1. The first-order valence-corrected chi connectivity index (χ1v) is 8.50. The zero-order valence-corrected chi connectivity index (χ0v) is 13.5. The highest BCUT2D eigenvalue weighted by Crippen LogP contribution is 2.24. The van der Waals surface area contributed by atoms with Crippen LogP contribution in [-0.2, 0) is 22.7 Å². The molecule has 5 heteroatoms. The SMILES string of the molecule is NC1CCC(C(=O)NCc2cccc(CN3CCCC3=O)c2)C1. The number of nitrogens with two attached hydrogens (primary N) is 1. The maximum Gasteiger partial charge on any atom is 0.223 e. The van der Waals surface area contributed by atoms with Crippen LogP contribution < -0.4 is 11.1 Å². The topological polar surface area (TPSA) is 75.4 Å². The maximum atomic E-state index is 12.2.